The van der Waals surface area contributed by atoms with Crippen LogP contribution >= 0.6 is 0 Å². The molecule has 8 unspecified atom stereocenters. The van der Waals surface area contributed by atoms with Gasteiger partial charge in [0.15, 0.2) is 5.92 Å². The molecule has 2 aliphatic rings. The zero-order chi connectivity index (χ0) is 31.7. The fraction of sp³-hybridized carbons (Fsp3) is 0.778. The summed E-state index contributed by atoms with van der Waals surface area (Å²) >= 11 is 0. The molecule has 0 N–H and O–H groups in total. The SMILES string of the molecule is CCC1(C)CC(OC(=O)C(Cc2ccccc2)C(=O)OC2CC(C)(CC)N(C)C(C)(CC)C2C)C(C)C(C)(CC)N1C. The van der Waals surface area contributed by atoms with Crippen LogP contribution in [0.2, 0.25) is 0 Å². The first-order chi connectivity index (χ1) is 19.6. The number of esters is 2. The average Bonchev–Trinajstić information content (AvgIpc) is 2.99. The van der Waals surface area contributed by atoms with E-state index in [0.717, 1.165) is 44.1 Å². The van der Waals surface area contributed by atoms with Crippen LogP contribution in [0.3, 0.4) is 0 Å². The van der Waals surface area contributed by atoms with Crippen LogP contribution in [0.15, 0.2) is 30.3 Å². The molecule has 2 saturated heterocycles. The van der Waals surface area contributed by atoms with Gasteiger partial charge >= 0.3 is 11.9 Å². The van der Waals surface area contributed by atoms with Crippen molar-refractivity contribution in [1.29, 1.82) is 0 Å². The molecule has 0 saturated carbocycles. The highest BCUT2D eigenvalue weighted by Gasteiger charge is 2.54. The molecule has 238 valence electrons. The summed E-state index contributed by atoms with van der Waals surface area (Å²) in [5, 5.41) is 0. The highest BCUT2D eigenvalue weighted by Crippen LogP contribution is 2.47. The van der Waals surface area contributed by atoms with Gasteiger partial charge in [-0.15, -0.1) is 0 Å². The van der Waals surface area contributed by atoms with Crippen molar-refractivity contribution in [3.8, 4) is 0 Å². The number of hydrogen-bond acceptors (Lipinski definition) is 6. The third-order valence-electron chi connectivity index (χ3n) is 12.9. The zero-order valence-corrected chi connectivity index (χ0v) is 28.8. The van der Waals surface area contributed by atoms with E-state index in [1.807, 2.05) is 30.3 Å². The van der Waals surface area contributed by atoms with Gasteiger partial charge in [0.1, 0.15) is 12.2 Å². The predicted molar refractivity (Wildman–Crippen MR) is 171 cm³/mol. The molecule has 6 heteroatoms. The first kappa shape index (κ1) is 34.6. The number of likely N-dealkylation sites (tertiary alicyclic amines) is 2. The van der Waals surface area contributed by atoms with Crippen molar-refractivity contribution in [2.45, 2.75) is 149 Å². The van der Waals surface area contributed by atoms with Crippen molar-refractivity contribution in [3.63, 3.8) is 0 Å². The van der Waals surface area contributed by atoms with Crippen LogP contribution in [-0.4, -0.2) is 70.2 Å². The topological polar surface area (TPSA) is 59.1 Å². The first-order valence-electron chi connectivity index (χ1n) is 16.5. The molecule has 6 nitrogen and oxygen atoms in total. The maximum Gasteiger partial charge on any atom is 0.320 e. The largest absolute Gasteiger partial charge is 0.461 e. The molecule has 0 aromatic heterocycles. The number of rotatable bonds is 10. The van der Waals surface area contributed by atoms with E-state index in [1.54, 1.807) is 0 Å². The fourth-order valence-electron chi connectivity index (χ4n) is 7.88. The molecule has 42 heavy (non-hydrogen) atoms. The number of nitrogens with zero attached hydrogens (tertiary/aromatic N) is 2. The summed E-state index contributed by atoms with van der Waals surface area (Å²) in [5.41, 5.74) is 0.481. The molecule has 0 amide bonds. The lowest BCUT2D eigenvalue weighted by Gasteiger charge is -2.59. The van der Waals surface area contributed by atoms with Crippen molar-refractivity contribution in [1.82, 2.24) is 9.80 Å². The summed E-state index contributed by atoms with van der Waals surface area (Å²) in [6, 6.07) is 9.77. The normalized spacial score (nSPS) is 38.6. The summed E-state index contributed by atoms with van der Waals surface area (Å²) in [4.78, 5) is 33.1. The predicted octanol–water partition coefficient (Wildman–Crippen LogP) is 7.29. The van der Waals surface area contributed by atoms with Gasteiger partial charge in [0, 0.05) is 46.8 Å². The number of carbonyl (C=O) groups is 2. The lowest BCUT2D eigenvalue weighted by Crippen LogP contribution is -2.67. The molecule has 1 aromatic carbocycles. The Morgan fingerprint density at radius 1 is 0.738 bits per heavy atom. The van der Waals surface area contributed by atoms with E-state index in [9.17, 15) is 9.59 Å². The quantitative estimate of drug-likeness (QED) is 0.213. The Morgan fingerprint density at radius 3 is 1.45 bits per heavy atom. The van der Waals surface area contributed by atoms with E-state index in [-0.39, 0.29) is 52.6 Å². The lowest BCUT2D eigenvalue weighted by molar-refractivity contribution is -0.189. The highest BCUT2D eigenvalue weighted by molar-refractivity contribution is 5.95. The van der Waals surface area contributed by atoms with Crippen molar-refractivity contribution in [3.05, 3.63) is 35.9 Å². The van der Waals surface area contributed by atoms with E-state index >= 15 is 0 Å². The summed E-state index contributed by atoms with van der Waals surface area (Å²) in [6.45, 7) is 22.3. The molecule has 0 aliphatic carbocycles. The molecule has 1 aromatic rings. The van der Waals surface area contributed by atoms with Crippen LogP contribution in [0.25, 0.3) is 0 Å². The standard InChI is InChI=1S/C36H60N2O4/c1-13-33(7)23-29(25(5)35(9,15-3)37(33)11)41-31(39)28(22-27-20-18-17-19-21-27)32(40)42-30-24-34(8,14-2)38(12)36(10,16-4)26(30)6/h17-21,25-26,28-30H,13-16,22-24H2,1-12H3. The molecule has 3 rings (SSSR count). The number of ether oxygens (including phenoxy) is 2. The van der Waals surface area contributed by atoms with Gasteiger partial charge in [-0.1, -0.05) is 71.9 Å². The van der Waals surface area contributed by atoms with Crippen LogP contribution in [-0.2, 0) is 25.5 Å². The maximum atomic E-state index is 14.1. The molecule has 0 spiro atoms. The Labute approximate surface area is 256 Å². The molecule has 2 fully saturated rings. The maximum absolute atomic E-state index is 14.1. The van der Waals surface area contributed by atoms with Gasteiger partial charge in [-0.2, -0.15) is 0 Å². The van der Waals surface area contributed by atoms with Gasteiger partial charge < -0.3 is 9.47 Å². The lowest BCUT2D eigenvalue weighted by atomic mass is 9.68. The van der Waals surface area contributed by atoms with Crippen LogP contribution in [0.5, 0.6) is 0 Å². The average molecular weight is 585 g/mol. The Hall–Kier alpha value is -1.92. The van der Waals surface area contributed by atoms with Crippen molar-refractivity contribution in [2.75, 3.05) is 14.1 Å². The Morgan fingerprint density at radius 2 is 1.12 bits per heavy atom. The molecular weight excluding hydrogens is 524 g/mol. The second kappa shape index (κ2) is 13.0. The number of benzene rings is 1. The van der Waals surface area contributed by atoms with Crippen LogP contribution in [0.4, 0.5) is 0 Å². The van der Waals surface area contributed by atoms with Gasteiger partial charge in [0.25, 0.3) is 0 Å². The smallest absolute Gasteiger partial charge is 0.320 e. The fourth-order valence-corrected chi connectivity index (χ4v) is 7.88. The number of piperidine rings is 2. The minimum atomic E-state index is -1.01. The zero-order valence-electron chi connectivity index (χ0n) is 28.8. The minimum absolute atomic E-state index is 0.101. The summed E-state index contributed by atoms with van der Waals surface area (Å²) in [6.07, 6.45) is 5.01. The van der Waals surface area contributed by atoms with Crippen LogP contribution in [0, 0.1) is 17.8 Å². The van der Waals surface area contributed by atoms with Gasteiger partial charge in [0.2, 0.25) is 0 Å². The second-order valence-corrected chi connectivity index (χ2v) is 14.4. The first-order valence-corrected chi connectivity index (χ1v) is 16.5. The molecule has 8 atom stereocenters. The molecule has 2 heterocycles. The Bertz CT molecular complexity index is 1020. The molecule has 2 aliphatic heterocycles. The van der Waals surface area contributed by atoms with E-state index in [0.29, 0.717) is 0 Å². The van der Waals surface area contributed by atoms with Gasteiger partial charge in [-0.3, -0.25) is 19.4 Å². The van der Waals surface area contributed by atoms with Gasteiger partial charge in [-0.25, -0.2) is 0 Å². The summed E-state index contributed by atoms with van der Waals surface area (Å²) < 4.78 is 12.8. The minimum Gasteiger partial charge on any atom is -0.461 e. The van der Waals surface area contributed by atoms with Gasteiger partial charge in [-0.05, 0) is 79.5 Å². The van der Waals surface area contributed by atoms with E-state index < -0.39 is 17.9 Å². The van der Waals surface area contributed by atoms with Crippen molar-refractivity contribution >= 4 is 11.9 Å². The molecule has 0 bridgehead atoms. The number of carbonyl (C=O) groups excluding carboxylic acids is 2. The Balaban J connectivity index is 1.92. The second-order valence-electron chi connectivity index (χ2n) is 14.4. The molecular formula is C36H60N2O4. The van der Waals surface area contributed by atoms with E-state index in [1.165, 1.54) is 0 Å². The van der Waals surface area contributed by atoms with E-state index in [4.69, 9.17) is 9.47 Å². The third kappa shape index (κ3) is 6.18. The van der Waals surface area contributed by atoms with Crippen molar-refractivity contribution < 1.29 is 19.1 Å². The monoisotopic (exact) mass is 584 g/mol. The number of hydrogen-bond donors (Lipinski definition) is 0. The van der Waals surface area contributed by atoms with Crippen LogP contribution < -0.4 is 0 Å². The summed E-state index contributed by atoms with van der Waals surface area (Å²) in [7, 11) is 4.40. The van der Waals surface area contributed by atoms with Gasteiger partial charge in [0.05, 0.1) is 0 Å². The van der Waals surface area contributed by atoms with Crippen LogP contribution in [0.1, 0.15) is 113 Å². The van der Waals surface area contributed by atoms with Crippen molar-refractivity contribution in [2.24, 2.45) is 17.8 Å². The third-order valence-corrected chi connectivity index (χ3v) is 12.9. The Kier molecular flexibility index (Phi) is 10.7. The van der Waals surface area contributed by atoms with E-state index in [2.05, 4.69) is 93.1 Å². The molecule has 0 radical (unpaired) electrons. The summed E-state index contributed by atoms with van der Waals surface area (Å²) in [5.74, 6) is -1.69. The highest BCUT2D eigenvalue weighted by atomic mass is 16.6.